The molecule has 156 valence electrons. The first kappa shape index (κ1) is 20.8. The molecule has 1 aliphatic heterocycles. The standard InChI is InChI=1S/C22H28N2O5/c1-26-18-6-5-15(9-19(18)27-2)12-23-22(25)14-24-8-7-16-10-20(28-3)21(29-4)11-17(16)13-24/h5-6,9-11H,7-8,12-14H2,1-4H3,(H,23,25). The van der Waals surface area contributed by atoms with Gasteiger partial charge >= 0.3 is 0 Å². The number of carbonyl (C=O) groups excluding carboxylic acids is 1. The van der Waals surface area contributed by atoms with Crippen molar-refractivity contribution in [2.45, 2.75) is 19.5 Å². The van der Waals surface area contributed by atoms with Crippen molar-refractivity contribution >= 4 is 5.91 Å². The van der Waals surface area contributed by atoms with E-state index in [-0.39, 0.29) is 5.91 Å². The monoisotopic (exact) mass is 400 g/mol. The van der Waals surface area contributed by atoms with Gasteiger partial charge in [-0.3, -0.25) is 9.69 Å². The van der Waals surface area contributed by atoms with Crippen LogP contribution in [-0.2, 0) is 24.3 Å². The van der Waals surface area contributed by atoms with E-state index >= 15 is 0 Å². The maximum Gasteiger partial charge on any atom is 0.234 e. The maximum absolute atomic E-state index is 12.4. The van der Waals surface area contributed by atoms with Crippen LogP contribution < -0.4 is 24.3 Å². The van der Waals surface area contributed by atoms with E-state index in [9.17, 15) is 4.79 Å². The van der Waals surface area contributed by atoms with Gasteiger partial charge in [0.1, 0.15) is 0 Å². The van der Waals surface area contributed by atoms with Crippen LogP contribution in [0.2, 0.25) is 0 Å². The molecule has 1 N–H and O–H groups in total. The largest absolute Gasteiger partial charge is 0.493 e. The molecule has 29 heavy (non-hydrogen) atoms. The highest BCUT2D eigenvalue weighted by Crippen LogP contribution is 2.33. The Morgan fingerprint density at radius 3 is 2.17 bits per heavy atom. The first-order valence-electron chi connectivity index (χ1n) is 9.51. The minimum atomic E-state index is -0.0105. The van der Waals surface area contributed by atoms with E-state index in [4.69, 9.17) is 18.9 Å². The molecule has 7 heteroatoms. The number of hydrogen-bond donors (Lipinski definition) is 1. The minimum absolute atomic E-state index is 0.0105. The summed E-state index contributed by atoms with van der Waals surface area (Å²) in [6, 6.07) is 9.66. The summed E-state index contributed by atoms with van der Waals surface area (Å²) in [7, 11) is 6.47. The van der Waals surface area contributed by atoms with Gasteiger partial charge in [-0.25, -0.2) is 0 Å². The number of fused-ring (bicyclic) bond motifs is 1. The number of methoxy groups -OCH3 is 4. The van der Waals surface area contributed by atoms with Gasteiger partial charge in [-0.1, -0.05) is 6.07 Å². The first-order valence-corrected chi connectivity index (χ1v) is 9.51. The molecule has 1 heterocycles. The lowest BCUT2D eigenvalue weighted by Crippen LogP contribution is -2.39. The molecule has 2 aromatic rings. The van der Waals surface area contributed by atoms with Crippen LogP contribution in [0.3, 0.4) is 0 Å². The Morgan fingerprint density at radius 2 is 1.52 bits per heavy atom. The van der Waals surface area contributed by atoms with Gasteiger partial charge in [0.25, 0.3) is 0 Å². The molecule has 1 amide bonds. The summed E-state index contributed by atoms with van der Waals surface area (Å²) >= 11 is 0. The van der Waals surface area contributed by atoms with Gasteiger partial charge in [-0.2, -0.15) is 0 Å². The van der Waals surface area contributed by atoms with Gasteiger partial charge in [0, 0.05) is 19.6 Å². The fourth-order valence-electron chi connectivity index (χ4n) is 3.53. The first-order chi connectivity index (χ1) is 14.1. The van der Waals surface area contributed by atoms with Crippen molar-refractivity contribution in [1.82, 2.24) is 10.2 Å². The van der Waals surface area contributed by atoms with Crippen molar-refractivity contribution in [2.24, 2.45) is 0 Å². The normalized spacial score (nSPS) is 13.4. The lowest BCUT2D eigenvalue weighted by Gasteiger charge is -2.29. The Bertz CT molecular complexity index is 869. The summed E-state index contributed by atoms with van der Waals surface area (Å²) in [6.45, 7) is 2.32. The lowest BCUT2D eigenvalue weighted by molar-refractivity contribution is -0.122. The summed E-state index contributed by atoms with van der Waals surface area (Å²) in [5, 5.41) is 2.98. The molecule has 1 aliphatic rings. The quantitative estimate of drug-likeness (QED) is 0.734. The van der Waals surface area contributed by atoms with Crippen LogP contribution in [0, 0.1) is 0 Å². The highest BCUT2D eigenvalue weighted by Gasteiger charge is 2.21. The molecule has 0 unspecified atom stereocenters. The van der Waals surface area contributed by atoms with E-state index in [0.29, 0.717) is 36.9 Å². The molecule has 0 fully saturated rings. The van der Waals surface area contributed by atoms with Gasteiger partial charge in [0.15, 0.2) is 23.0 Å². The second-order valence-electron chi connectivity index (χ2n) is 6.90. The van der Waals surface area contributed by atoms with Crippen LogP contribution in [0.5, 0.6) is 23.0 Å². The topological polar surface area (TPSA) is 69.3 Å². The van der Waals surface area contributed by atoms with Crippen LogP contribution in [0.25, 0.3) is 0 Å². The Hall–Kier alpha value is -2.93. The SMILES string of the molecule is COc1ccc(CNC(=O)CN2CCc3cc(OC)c(OC)cc3C2)cc1OC. The molecule has 0 atom stereocenters. The average molecular weight is 400 g/mol. The van der Waals surface area contributed by atoms with Crippen molar-refractivity contribution in [3.05, 3.63) is 47.0 Å². The van der Waals surface area contributed by atoms with Crippen molar-refractivity contribution in [3.63, 3.8) is 0 Å². The zero-order chi connectivity index (χ0) is 20.8. The van der Waals surface area contributed by atoms with Gasteiger partial charge in [-0.05, 0) is 47.4 Å². The van der Waals surface area contributed by atoms with E-state index in [1.165, 1.54) is 11.1 Å². The molecule has 0 bridgehead atoms. The van der Waals surface area contributed by atoms with Crippen LogP contribution in [0.1, 0.15) is 16.7 Å². The molecule has 0 saturated heterocycles. The van der Waals surface area contributed by atoms with E-state index in [1.54, 1.807) is 28.4 Å². The Balaban J connectivity index is 1.57. The molecule has 3 rings (SSSR count). The van der Waals surface area contributed by atoms with E-state index in [1.807, 2.05) is 30.3 Å². The van der Waals surface area contributed by atoms with Gasteiger partial charge in [-0.15, -0.1) is 0 Å². The number of nitrogens with zero attached hydrogens (tertiary/aromatic N) is 1. The predicted molar refractivity (Wildman–Crippen MR) is 110 cm³/mol. The van der Waals surface area contributed by atoms with Crippen molar-refractivity contribution in [3.8, 4) is 23.0 Å². The summed E-state index contributed by atoms with van der Waals surface area (Å²) < 4.78 is 21.3. The van der Waals surface area contributed by atoms with Gasteiger partial charge in [0.05, 0.1) is 35.0 Å². The maximum atomic E-state index is 12.4. The molecule has 0 radical (unpaired) electrons. The fourth-order valence-corrected chi connectivity index (χ4v) is 3.53. The van der Waals surface area contributed by atoms with Crippen LogP contribution >= 0.6 is 0 Å². The van der Waals surface area contributed by atoms with Gasteiger partial charge < -0.3 is 24.3 Å². The third kappa shape index (κ3) is 4.92. The number of benzene rings is 2. The number of nitrogens with one attached hydrogen (secondary N) is 1. The summed E-state index contributed by atoms with van der Waals surface area (Å²) in [6.07, 6.45) is 0.874. The molecular weight excluding hydrogens is 372 g/mol. The zero-order valence-corrected chi connectivity index (χ0v) is 17.4. The van der Waals surface area contributed by atoms with Crippen LogP contribution in [0.4, 0.5) is 0 Å². The highest BCUT2D eigenvalue weighted by atomic mass is 16.5. The second-order valence-corrected chi connectivity index (χ2v) is 6.90. The van der Waals surface area contributed by atoms with E-state index in [0.717, 1.165) is 24.3 Å². The number of amides is 1. The smallest absolute Gasteiger partial charge is 0.234 e. The lowest BCUT2D eigenvalue weighted by atomic mass is 9.99. The summed E-state index contributed by atoms with van der Waals surface area (Å²) in [5.74, 6) is 2.76. The molecule has 0 saturated carbocycles. The Kier molecular flexibility index (Phi) is 6.82. The Morgan fingerprint density at radius 1 is 0.897 bits per heavy atom. The molecule has 0 aromatic heterocycles. The van der Waals surface area contributed by atoms with E-state index < -0.39 is 0 Å². The number of hydrogen-bond acceptors (Lipinski definition) is 6. The third-order valence-corrected chi connectivity index (χ3v) is 5.10. The predicted octanol–water partition coefficient (Wildman–Crippen LogP) is 2.40. The molecule has 7 nitrogen and oxygen atoms in total. The van der Waals surface area contributed by atoms with Crippen molar-refractivity contribution in [1.29, 1.82) is 0 Å². The zero-order valence-electron chi connectivity index (χ0n) is 17.4. The third-order valence-electron chi connectivity index (χ3n) is 5.10. The average Bonchev–Trinajstić information content (AvgIpc) is 2.76. The fraction of sp³-hybridized carbons (Fsp3) is 0.409. The minimum Gasteiger partial charge on any atom is -0.493 e. The summed E-state index contributed by atoms with van der Waals surface area (Å²) in [4.78, 5) is 14.6. The molecule has 0 spiro atoms. The molecule has 2 aromatic carbocycles. The van der Waals surface area contributed by atoms with E-state index in [2.05, 4.69) is 10.2 Å². The second kappa shape index (κ2) is 9.52. The number of carbonyl (C=O) groups is 1. The highest BCUT2D eigenvalue weighted by molar-refractivity contribution is 5.78. The number of ether oxygens (including phenoxy) is 4. The van der Waals surface area contributed by atoms with Gasteiger partial charge in [0.2, 0.25) is 5.91 Å². The molecular formula is C22H28N2O5. The summed E-state index contributed by atoms with van der Waals surface area (Å²) in [5.41, 5.74) is 3.36. The van der Waals surface area contributed by atoms with Crippen molar-refractivity contribution < 1.29 is 23.7 Å². The van der Waals surface area contributed by atoms with Crippen LogP contribution in [-0.4, -0.2) is 52.3 Å². The van der Waals surface area contributed by atoms with Crippen molar-refractivity contribution in [2.75, 3.05) is 41.5 Å². The number of rotatable bonds is 8. The molecule has 0 aliphatic carbocycles. The van der Waals surface area contributed by atoms with Crippen LogP contribution in [0.15, 0.2) is 30.3 Å². The Labute approximate surface area is 171 Å².